The smallest absolute Gasteiger partial charge is 0.252 e. The van der Waals surface area contributed by atoms with Crippen molar-refractivity contribution in [3.8, 4) is 0 Å². The Kier molecular flexibility index (Phi) is 5.31. The molecule has 3 heterocycles. The van der Waals surface area contributed by atoms with Crippen molar-refractivity contribution in [3.05, 3.63) is 45.9 Å². The van der Waals surface area contributed by atoms with E-state index >= 15 is 0 Å². The maximum Gasteiger partial charge on any atom is 0.252 e. The number of nitrogens with one attached hydrogen (secondary N) is 1. The van der Waals surface area contributed by atoms with Gasteiger partial charge in [-0.3, -0.25) is 0 Å². The number of hydrogen-bond donors (Lipinski definition) is 1. The highest BCUT2D eigenvalue weighted by atomic mass is 32.2. The highest BCUT2D eigenvalue weighted by molar-refractivity contribution is 8.01. The lowest BCUT2D eigenvalue weighted by Gasteiger charge is -2.03. The first kappa shape index (κ1) is 17.1. The first-order valence-corrected chi connectivity index (χ1v) is 9.03. The predicted octanol–water partition coefficient (Wildman–Crippen LogP) is 4.36. The average molecular weight is 392 g/mol. The van der Waals surface area contributed by atoms with E-state index in [1.807, 2.05) is 17.5 Å². The molecule has 0 radical (unpaired) electrons. The van der Waals surface area contributed by atoms with Crippen LogP contribution in [-0.2, 0) is 6.42 Å². The number of anilines is 1. The number of halogens is 4. The number of rotatable bonds is 6. The molecule has 0 bridgehead atoms. The molecule has 0 aliphatic rings. The van der Waals surface area contributed by atoms with Gasteiger partial charge in [-0.1, -0.05) is 29.2 Å². The van der Waals surface area contributed by atoms with Gasteiger partial charge in [0, 0.05) is 11.4 Å². The lowest BCUT2D eigenvalue weighted by atomic mass is 10.3. The fraction of sp³-hybridized carbons (Fsp3) is 0.154. The minimum absolute atomic E-state index is 0.149. The molecule has 126 valence electrons. The van der Waals surface area contributed by atoms with Crippen LogP contribution in [0, 0.1) is 23.5 Å². The van der Waals surface area contributed by atoms with Gasteiger partial charge >= 0.3 is 0 Å². The van der Waals surface area contributed by atoms with Crippen LogP contribution in [0.2, 0.25) is 0 Å². The summed E-state index contributed by atoms with van der Waals surface area (Å²) in [5.74, 6) is -6.51. The number of pyridine rings is 1. The number of nitrogens with zero attached hydrogens (tertiary/aromatic N) is 3. The third-order valence-corrected chi connectivity index (χ3v) is 5.71. The molecule has 0 amide bonds. The number of hydrogen-bond acceptors (Lipinski definition) is 7. The van der Waals surface area contributed by atoms with Crippen LogP contribution in [0.4, 0.5) is 22.7 Å². The molecule has 0 aromatic carbocycles. The molecule has 0 spiro atoms. The minimum atomic E-state index is -1.70. The van der Waals surface area contributed by atoms with Crippen molar-refractivity contribution in [1.29, 1.82) is 0 Å². The van der Waals surface area contributed by atoms with E-state index < -0.39 is 28.4 Å². The Morgan fingerprint density at radius 2 is 1.83 bits per heavy atom. The third kappa shape index (κ3) is 3.84. The standard InChI is InChI=1S/C13H8F4N4S3/c14-7-9(8(15)11(17)19-10(7)16)23-13-21-20-12(24-13)18-4-3-6-2-1-5-22-6/h1-2,5H,3-4H2,(H,18,20). The average Bonchev–Trinajstić information content (AvgIpc) is 3.22. The van der Waals surface area contributed by atoms with Gasteiger partial charge in [-0.25, -0.2) is 8.78 Å². The largest absolute Gasteiger partial charge is 0.360 e. The Bertz CT molecular complexity index is 812. The topological polar surface area (TPSA) is 50.7 Å². The molecular weight excluding hydrogens is 384 g/mol. The van der Waals surface area contributed by atoms with Gasteiger partial charge in [0.25, 0.3) is 11.9 Å². The monoisotopic (exact) mass is 392 g/mol. The van der Waals surface area contributed by atoms with Crippen LogP contribution in [0.15, 0.2) is 26.7 Å². The van der Waals surface area contributed by atoms with Gasteiger partial charge in [0.2, 0.25) is 5.13 Å². The molecule has 0 unspecified atom stereocenters. The molecule has 3 rings (SSSR count). The fourth-order valence-corrected chi connectivity index (χ4v) is 4.18. The van der Waals surface area contributed by atoms with Gasteiger partial charge in [-0.05, 0) is 17.9 Å². The summed E-state index contributed by atoms with van der Waals surface area (Å²) in [6.07, 6.45) is 0.795. The van der Waals surface area contributed by atoms with E-state index in [2.05, 4.69) is 20.5 Å². The van der Waals surface area contributed by atoms with Gasteiger partial charge in [0.15, 0.2) is 16.0 Å². The second-order valence-corrected chi connectivity index (χ2v) is 7.65. The summed E-state index contributed by atoms with van der Waals surface area (Å²) in [5, 5.41) is 13.0. The molecule has 0 atom stereocenters. The van der Waals surface area contributed by atoms with Gasteiger partial charge in [-0.15, -0.1) is 21.5 Å². The van der Waals surface area contributed by atoms with E-state index in [4.69, 9.17) is 0 Å². The summed E-state index contributed by atoms with van der Waals surface area (Å²) < 4.78 is 53.5. The van der Waals surface area contributed by atoms with Gasteiger partial charge in [-0.2, -0.15) is 13.8 Å². The van der Waals surface area contributed by atoms with Crippen molar-refractivity contribution >= 4 is 39.6 Å². The molecule has 1 N–H and O–H groups in total. The Hall–Kier alpha value is -1.72. The van der Waals surface area contributed by atoms with Gasteiger partial charge in [0.05, 0.1) is 4.90 Å². The van der Waals surface area contributed by atoms with Crippen LogP contribution >= 0.6 is 34.4 Å². The van der Waals surface area contributed by atoms with Crippen molar-refractivity contribution < 1.29 is 17.6 Å². The Labute approximate surface area is 146 Å². The Balaban J connectivity index is 1.66. The van der Waals surface area contributed by atoms with Crippen molar-refractivity contribution in [2.24, 2.45) is 0 Å². The predicted molar refractivity (Wildman–Crippen MR) is 84.6 cm³/mol. The van der Waals surface area contributed by atoms with E-state index in [-0.39, 0.29) is 4.34 Å². The van der Waals surface area contributed by atoms with Crippen molar-refractivity contribution in [1.82, 2.24) is 15.2 Å². The van der Waals surface area contributed by atoms with Crippen LogP contribution in [-0.4, -0.2) is 21.7 Å². The summed E-state index contributed by atoms with van der Waals surface area (Å²) in [5.41, 5.74) is 0. The first-order chi connectivity index (χ1) is 11.5. The van der Waals surface area contributed by atoms with Gasteiger partial charge < -0.3 is 5.32 Å². The molecule has 0 saturated heterocycles. The molecule has 3 aromatic rings. The Morgan fingerprint density at radius 3 is 2.50 bits per heavy atom. The Morgan fingerprint density at radius 1 is 1.08 bits per heavy atom. The maximum atomic E-state index is 13.6. The van der Waals surface area contributed by atoms with Gasteiger partial charge in [0.1, 0.15) is 0 Å². The molecule has 0 aliphatic heterocycles. The zero-order valence-corrected chi connectivity index (χ0v) is 14.2. The molecular formula is C13H8F4N4S3. The lowest BCUT2D eigenvalue weighted by molar-refractivity contribution is 0.383. The summed E-state index contributed by atoms with van der Waals surface area (Å²) in [6, 6.07) is 3.96. The van der Waals surface area contributed by atoms with E-state index in [0.717, 1.165) is 17.8 Å². The zero-order chi connectivity index (χ0) is 17.1. The number of aromatic nitrogens is 3. The van der Waals surface area contributed by atoms with Crippen molar-refractivity contribution in [3.63, 3.8) is 0 Å². The van der Waals surface area contributed by atoms with Crippen LogP contribution in [0.5, 0.6) is 0 Å². The SMILES string of the molecule is Fc1nc(F)c(F)c(Sc2nnc(NCCc3cccs3)s2)c1F. The van der Waals surface area contributed by atoms with E-state index in [9.17, 15) is 17.6 Å². The second kappa shape index (κ2) is 7.45. The minimum Gasteiger partial charge on any atom is -0.360 e. The number of thiophene rings is 1. The highest BCUT2D eigenvalue weighted by Gasteiger charge is 2.23. The maximum absolute atomic E-state index is 13.6. The summed E-state index contributed by atoms with van der Waals surface area (Å²) in [6.45, 7) is 0.612. The van der Waals surface area contributed by atoms with E-state index in [1.165, 1.54) is 4.88 Å². The van der Waals surface area contributed by atoms with Crippen molar-refractivity contribution in [2.75, 3.05) is 11.9 Å². The zero-order valence-electron chi connectivity index (χ0n) is 11.7. The summed E-state index contributed by atoms with van der Waals surface area (Å²) in [7, 11) is 0. The van der Waals surface area contributed by atoms with Crippen LogP contribution in [0.25, 0.3) is 0 Å². The summed E-state index contributed by atoms with van der Waals surface area (Å²) in [4.78, 5) is 2.87. The van der Waals surface area contributed by atoms with Crippen molar-refractivity contribution in [2.45, 2.75) is 15.7 Å². The van der Waals surface area contributed by atoms with Crippen LogP contribution in [0.3, 0.4) is 0 Å². The molecule has 11 heteroatoms. The molecule has 4 nitrogen and oxygen atoms in total. The first-order valence-electron chi connectivity index (χ1n) is 6.52. The molecule has 0 aliphatic carbocycles. The molecule has 24 heavy (non-hydrogen) atoms. The third-order valence-electron chi connectivity index (χ3n) is 2.78. The van der Waals surface area contributed by atoms with E-state index in [1.54, 1.807) is 11.3 Å². The highest BCUT2D eigenvalue weighted by Crippen LogP contribution is 2.36. The second-order valence-electron chi connectivity index (χ2n) is 4.38. The molecule has 3 aromatic heterocycles. The quantitative estimate of drug-likeness (QED) is 0.499. The lowest BCUT2D eigenvalue weighted by Crippen LogP contribution is -2.03. The summed E-state index contributed by atoms with van der Waals surface area (Å²) >= 11 is 3.12. The normalized spacial score (nSPS) is 11.0. The fourth-order valence-electron chi connectivity index (χ4n) is 1.71. The molecule has 0 fully saturated rings. The van der Waals surface area contributed by atoms with Crippen LogP contribution in [0.1, 0.15) is 4.88 Å². The van der Waals surface area contributed by atoms with E-state index in [0.29, 0.717) is 23.4 Å². The molecule has 0 saturated carbocycles. The van der Waals surface area contributed by atoms with Crippen LogP contribution < -0.4 is 5.32 Å².